The summed E-state index contributed by atoms with van der Waals surface area (Å²) in [6, 6.07) is 13.5. The number of hydrogen-bond acceptors (Lipinski definition) is 8. The first kappa shape index (κ1) is 30.4. The van der Waals surface area contributed by atoms with E-state index >= 15 is 0 Å². The van der Waals surface area contributed by atoms with Gasteiger partial charge in [-0.2, -0.15) is 0 Å². The number of fused-ring (bicyclic) bond motifs is 4. The van der Waals surface area contributed by atoms with Crippen LogP contribution in [0.15, 0.2) is 53.3 Å². The first-order valence-corrected chi connectivity index (χ1v) is 14.5. The van der Waals surface area contributed by atoms with Crippen molar-refractivity contribution in [3.05, 3.63) is 75.7 Å². The number of anilines is 1. The van der Waals surface area contributed by atoms with E-state index in [0.29, 0.717) is 54.2 Å². The third-order valence-corrected chi connectivity index (χ3v) is 7.78. The molecule has 0 radical (unpaired) electrons. The molecule has 2 amide bonds. The fourth-order valence-corrected chi connectivity index (χ4v) is 5.71. The van der Waals surface area contributed by atoms with E-state index in [4.69, 9.17) is 14.2 Å². The Hall–Kier alpha value is -5.06. The van der Waals surface area contributed by atoms with Gasteiger partial charge in [-0.3, -0.25) is 14.4 Å². The van der Waals surface area contributed by atoms with Crippen LogP contribution in [0.5, 0.6) is 17.2 Å². The molecule has 0 bridgehead atoms. The average Bonchev–Trinajstić information content (AvgIpc) is 3.29. The minimum absolute atomic E-state index is 0.209. The number of hydrogen-bond donors (Lipinski definition) is 4. The smallest absolute Gasteiger partial charge is 0.242 e. The lowest BCUT2D eigenvalue weighted by atomic mass is 9.95. The lowest BCUT2D eigenvalue weighted by molar-refractivity contribution is -0.121. The predicted molar refractivity (Wildman–Crippen MR) is 169 cm³/mol. The molecule has 11 nitrogen and oxygen atoms in total. The number of aryl methyl sites for hydroxylation is 1. The van der Waals surface area contributed by atoms with Gasteiger partial charge in [0, 0.05) is 25.5 Å². The number of nitrogens with one attached hydrogen (secondary N) is 4. The largest absolute Gasteiger partial charge is 0.493 e. The van der Waals surface area contributed by atoms with Crippen LogP contribution in [0.4, 0.5) is 5.69 Å². The Kier molecular flexibility index (Phi) is 9.03. The minimum Gasteiger partial charge on any atom is -0.493 e. The summed E-state index contributed by atoms with van der Waals surface area (Å²) in [5.74, 6) is 1.74. The van der Waals surface area contributed by atoms with Crippen molar-refractivity contribution >= 4 is 28.5 Å². The summed E-state index contributed by atoms with van der Waals surface area (Å²) in [5, 5.41) is 8.99. The van der Waals surface area contributed by atoms with Gasteiger partial charge in [-0.15, -0.1) is 0 Å². The van der Waals surface area contributed by atoms with Crippen molar-refractivity contribution in [1.82, 2.24) is 20.6 Å². The molecule has 44 heavy (non-hydrogen) atoms. The number of carbonyl (C=O) groups excluding carboxylic acids is 2. The van der Waals surface area contributed by atoms with Crippen LogP contribution in [0.2, 0.25) is 0 Å². The van der Waals surface area contributed by atoms with Crippen LogP contribution in [0.1, 0.15) is 43.3 Å². The number of amides is 2. The lowest BCUT2D eigenvalue weighted by Gasteiger charge is -2.19. The summed E-state index contributed by atoms with van der Waals surface area (Å²) in [5.41, 5.74) is 4.80. The number of imidazole rings is 1. The number of rotatable bonds is 10. The Morgan fingerprint density at radius 3 is 2.52 bits per heavy atom. The van der Waals surface area contributed by atoms with Crippen molar-refractivity contribution in [2.45, 2.75) is 45.2 Å². The number of methoxy groups -OCH3 is 3. The Labute approximate surface area is 255 Å². The Morgan fingerprint density at radius 2 is 1.82 bits per heavy atom. The second kappa shape index (κ2) is 13.1. The molecule has 230 valence electrons. The fraction of sp³-hybridized carbons (Fsp3) is 0.333. The molecule has 4 N–H and O–H groups in total. The highest BCUT2D eigenvalue weighted by molar-refractivity contribution is 5.86. The zero-order valence-corrected chi connectivity index (χ0v) is 25.5. The molecule has 1 aliphatic rings. The highest BCUT2D eigenvalue weighted by Crippen LogP contribution is 2.50. The molecule has 11 heteroatoms. The molecular formula is C33H37N5O6. The Morgan fingerprint density at radius 1 is 1.05 bits per heavy atom. The second-order valence-corrected chi connectivity index (χ2v) is 10.7. The molecule has 1 aromatic heterocycles. The number of benzene rings is 2. The first-order chi connectivity index (χ1) is 21.2. The van der Waals surface area contributed by atoms with Crippen molar-refractivity contribution < 1.29 is 23.8 Å². The molecular weight excluding hydrogens is 562 g/mol. The van der Waals surface area contributed by atoms with Gasteiger partial charge in [0.25, 0.3) is 0 Å². The monoisotopic (exact) mass is 599 g/mol. The highest BCUT2D eigenvalue weighted by Gasteiger charge is 2.29. The third kappa shape index (κ3) is 6.17. The number of aromatic amines is 1. The molecule has 0 aliphatic heterocycles. The van der Waals surface area contributed by atoms with Gasteiger partial charge in [-0.1, -0.05) is 18.2 Å². The van der Waals surface area contributed by atoms with Gasteiger partial charge in [0.1, 0.15) is 11.9 Å². The number of H-pyrrole nitrogens is 1. The van der Waals surface area contributed by atoms with E-state index < -0.39 is 12.1 Å². The molecule has 2 atom stereocenters. The highest BCUT2D eigenvalue weighted by atomic mass is 16.5. The molecule has 1 heterocycles. The molecule has 2 unspecified atom stereocenters. The lowest BCUT2D eigenvalue weighted by Crippen LogP contribution is -2.39. The van der Waals surface area contributed by atoms with Crippen LogP contribution in [-0.2, 0) is 22.4 Å². The summed E-state index contributed by atoms with van der Waals surface area (Å²) in [7, 11) is 4.65. The Bertz CT molecular complexity index is 1740. The molecule has 4 aromatic rings. The standard InChI is InChI=1S/C33H37N5O6/c1-18(33(41)34-15-14-29-37-24-8-6-7-9-25(24)38-29)35-26-13-11-21-22(17-27(26)40)23(36-19(2)39)12-10-20-16-28(42-3)31(43-4)32(44-5)30(20)21/h6-9,11,13,16-18,23H,10,12,14-15H2,1-5H3,(H,34,41)(H,35,40)(H,36,39)(H,37,38). The molecule has 0 fully saturated rings. The summed E-state index contributed by atoms with van der Waals surface area (Å²) < 4.78 is 17.1. The quantitative estimate of drug-likeness (QED) is 0.215. The van der Waals surface area contributed by atoms with Crippen molar-refractivity contribution in [3.63, 3.8) is 0 Å². The number of nitrogens with zero attached hydrogens (tertiary/aromatic N) is 1. The van der Waals surface area contributed by atoms with Crippen molar-refractivity contribution in [2.24, 2.45) is 0 Å². The van der Waals surface area contributed by atoms with Crippen LogP contribution < -0.4 is 35.6 Å². The third-order valence-electron chi connectivity index (χ3n) is 7.78. The number of aromatic nitrogens is 2. The van der Waals surface area contributed by atoms with Crippen molar-refractivity contribution in [1.29, 1.82) is 0 Å². The van der Waals surface area contributed by atoms with E-state index in [1.165, 1.54) is 20.1 Å². The minimum atomic E-state index is -0.696. The first-order valence-electron chi connectivity index (χ1n) is 14.5. The van der Waals surface area contributed by atoms with Gasteiger partial charge in [-0.05, 0) is 66.8 Å². The zero-order valence-electron chi connectivity index (χ0n) is 25.5. The molecule has 5 rings (SSSR count). The topological polar surface area (TPSA) is 144 Å². The number of ether oxygens (including phenoxy) is 3. The van der Waals surface area contributed by atoms with Crippen molar-refractivity contribution in [3.8, 4) is 28.4 Å². The fourth-order valence-electron chi connectivity index (χ4n) is 5.71. The van der Waals surface area contributed by atoms with Crippen LogP contribution >= 0.6 is 0 Å². The van der Waals surface area contributed by atoms with Crippen LogP contribution in [-0.4, -0.2) is 55.7 Å². The van der Waals surface area contributed by atoms with E-state index in [-0.39, 0.29) is 22.9 Å². The summed E-state index contributed by atoms with van der Waals surface area (Å²) in [6.45, 7) is 3.53. The second-order valence-electron chi connectivity index (χ2n) is 10.7. The van der Waals surface area contributed by atoms with E-state index in [2.05, 4.69) is 25.9 Å². The summed E-state index contributed by atoms with van der Waals surface area (Å²) in [6.07, 6.45) is 1.68. The van der Waals surface area contributed by atoms with Crippen LogP contribution in [0.3, 0.4) is 0 Å². The van der Waals surface area contributed by atoms with Gasteiger partial charge < -0.3 is 35.1 Å². The summed E-state index contributed by atoms with van der Waals surface area (Å²) >= 11 is 0. The predicted octanol–water partition coefficient (Wildman–Crippen LogP) is 3.90. The van der Waals surface area contributed by atoms with Gasteiger partial charge in [0.15, 0.2) is 11.5 Å². The normalized spacial score (nSPS) is 14.4. The van der Waals surface area contributed by atoms with Crippen molar-refractivity contribution in [2.75, 3.05) is 33.2 Å². The molecule has 0 saturated carbocycles. The van der Waals surface area contributed by atoms with E-state index in [0.717, 1.165) is 28.0 Å². The maximum Gasteiger partial charge on any atom is 0.242 e. The molecule has 0 spiro atoms. The molecule has 0 saturated heterocycles. The molecule has 1 aliphatic carbocycles. The summed E-state index contributed by atoms with van der Waals surface area (Å²) in [4.78, 5) is 46.5. The van der Waals surface area contributed by atoms with E-state index in [1.54, 1.807) is 27.2 Å². The molecule has 3 aromatic carbocycles. The van der Waals surface area contributed by atoms with E-state index in [1.807, 2.05) is 36.4 Å². The maximum absolute atomic E-state index is 13.6. The van der Waals surface area contributed by atoms with Gasteiger partial charge in [0.05, 0.1) is 44.1 Å². The average molecular weight is 600 g/mol. The van der Waals surface area contributed by atoms with Crippen LogP contribution in [0, 0.1) is 0 Å². The van der Waals surface area contributed by atoms with Gasteiger partial charge in [-0.25, -0.2) is 4.98 Å². The van der Waals surface area contributed by atoms with Gasteiger partial charge in [0.2, 0.25) is 23.0 Å². The SMILES string of the molecule is COc1cc2c(c(OC)c1OC)-c1ccc(NC(C)C(=O)NCCc3nc4ccccc4[nH]3)c(=O)cc1C(NC(C)=O)CC2. The van der Waals surface area contributed by atoms with Crippen LogP contribution in [0.25, 0.3) is 22.2 Å². The zero-order chi connectivity index (χ0) is 31.4. The number of para-hydroxylation sites is 2. The maximum atomic E-state index is 13.6. The Balaban J connectivity index is 1.43. The number of carbonyl (C=O) groups is 2. The van der Waals surface area contributed by atoms with Gasteiger partial charge >= 0.3 is 0 Å². The van der Waals surface area contributed by atoms with E-state index in [9.17, 15) is 14.4 Å².